The van der Waals surface area contributed by atoms with Crippen molar-refractivity contribution in [2.45, 2.75) is 64.3 Å². The summed E-state index contributed by atoms with van der Waals surface area (Å²) < 4.78 is 5.98. The number of hydrogen-bond acceptors (Lipinski definition) is 3. The first-order valence-corrected chi connectivity index (χ1v) is 9.51. The molecule has 26 heavy (non-hydrogen) atoms. The summed E-state index contributed by atoms with van der Waals surface area (Å²) in [4.78, 5) is 7.02. The Morgan fingerprint density at radius 2 is 2.15 bits per heavy atom. The highest BCUT2D eigenvalue weighted by atomic mass is 127. The molecule has 1 heterocycles. The Morgan fingerprint density at radius 3 is 2.81 bits per heavy atom. The number of rotatable bonds is 6. The zero-order valence-corrected chi connectivity index (χ0v) is 18.7. The second-order valence-electron chi connectivity index (χ2n) is 7.55. The number of halogens is 1. The van der Waals surface area contributed by atoms with Crippen LogP contribution in [0.3, 0.4) is 0 Å². The minimum atomic E-state index is 0. The summed E-state index contributed by atoms with van der Waals surface area (Å²) in [6.45, 7) is 8.35. The maximum absolute atomic E-state index is 5.98. The van der Waals surface area contributed by atoms with Crippen molar-refractivity contribution in [3.63, 3.8) is 0 Å². The summed E-state index contributed by atoms with van der Waals surface area (Å²) in [6, 6.07) is 10.2. The van der Waals surface area contributed by atoms with Crippen LogP contribution in [0.2, 0.25) is 0 Å². The highest BCUT2D eigenvalue weighted by Crippen LogP contribution is 2.33. The fraction of sp³-hybridized carbons (Fsp3) is 0.650. The Hall–Kier alpha value is -1.02. The molecule has 0 radical (unpaired) electrons. The SMILES string of the molecule is CN=C(NCC(C)Oc1cccc(C)c1)NC1CC(C)N(C2CC2)C1.I. The Balaban J connectivity index is 0.00000243. The lowest BCUT2D eigenvalue weighted by atomic mass is 10.2. The topological polar surface area (TPSA) is 48.9 Å². The maximum atomic E-state index is 5.98. The third-order valence-corrected chi connectivity index (χ3v) is 5.09. The third kappa shape index (κ3) is 6.01. The molecule has 1 saturated carbocycles. The lowest BCUT2D eigenvalue weighted by Gasteiger charge is -2.21. The lowest BCUT2D eigenvalue weighted by Crippen LogP contribution is -2.47. The van der Waals surface area contributed by atoms with Gasteiger partial charge in [-0.25, -0.2) is 0 Å². The van der Waals surface area contributed by atoms with Crippen molar-refractivity contribution >= 4 is 29.9 Å². The molecule has 1 aliphatic carbocycles. The molecule has 0 aromatic heterocycles. The van der Waals surface area contributed by atoms with Gasteiger partial charge in [0.15, 0.2) is 5.96 Å². The molecular weight excluding hydrogens is 439 g/mol. The summed E-state index contributed by atoms with van der Waals surface area (Å²) in [5.74, 6) is 1.79. The average Bonchev–Trinajstić information content (AvgIpc) is 3.35. The Morgan fingerprint density at radius 1 is 1.38 bits per heavy atom. The summed E-state index contributed by atoms with van der Waals surface area (Å²) in [7, 11) is 1.83. The summed E-state index contributed by atoms with van der Waals surface area (Å²) in [6.07, 6.45) is 4.01. The molecular formula is C20H33IN4O. The van der Waals surface area contributed by atoms with Crippen LogP contribution in [0.5, 0.6) is 5.75 Å². The van der Waals surface area contributed by atoms with Gasteiger partial charge in [-0.2, -0.15) is 0 Å². The molecule has 5 nitrogen and oxygen atoms in total. The highest BCUT2D eigenvalue weighted by Gasteiger charge is 2.38. The van der Waals surface area contributed by atoms with Crippen LogP contribution in [0.15, 0.2) is 29.3 Å². The number of nitrogens with zero attached hydrogens (tertiary/aromatic N) is 2. The van der Waals surface area contributed by atoms with Crippen molar-refractivity contribution < 1.29 is 4.74 Å². The minimum absolute atomic E-state index is 0. The number of ether oxygens (including phenoxy) is 1. The first-order valence-electron chi connectivity index (χ1n) is 9.51. The van der Waals surface area contributed by atoms with E-state index in [2.05, 4.69) is 53.4 Å². The summed E-state index contributed by atoms with van der Waals surface area (Å²) >= 11 is 0. The summed E-state index contributed by atoms with van der Waals surface area (Å²) in [5, 5.41) is 6.98. The molecule has 1 aliphatic heterocycles. The number of guanidine groups is 1. The number of hydrogen-bond donors (Lipinski definition) is 2. The van der Waals surface area contributed by atoms with Gasteiger partial charge in [0.25, 0.3) is 0 Å². The molecule has 0 spiro atoms. The maximum Gasteiger partial charge on any atom is 0.191 e. The molecule has 146 valence electrons. The van der Waals surface area contributed by atoms with Crippen LogP contribution in [0.4, 0.5) is 0 Å². The van der Waals surface area contributed by atoms with E-state index in [9.17, 15) is 0 Å². The normalized spacial score (nSPS) is 24.7. The van der Waals surface area contributed by atoms with Gasteiger partial charge in [-0.15, -0.1) is 24.0 Å². The van der Waals surface area contributed by atoms with E-state index in [-0.39, 0.29) is 30.1 Å². The summed E-state index contributed by atoms with van der Waals surface area (Å²) in [5.41, 5.74) is 1.21. The molecule has 1 aromatic rings. The molecule has 0 amide bonds. The molecule has 2 fully saturated rings. The minimum Gasteiger partial charge on any atom is -0.489 e. The monoisotopic (exact) mass is 472 g/mol. The third-order valence-electron chi connectivity index (χ3n) is 5.09. The number of aliphatic imine (C=N–C) groups is 1. The van der Waals surface area contributed by atoms with E-state index in [1.807, 2.05) is 19.2 Å². The quantitative estimate of drug-likeness (QED) is 0.380. The number of nitrogens with one attached hydrogen (secondary N) is 2. The van der Waals surface area contributed by atoms with E-state index in [4.69, 9.17) is 4.74 Å². The predicted molar refractivity (Wildman–Crippen MR) is 119 cm³/mol. The van der Waals surface area contributed by atoms with Crippen LogP contribution in [-0.4, -0.2) is 55.2 Å². The average molecular weight is 472 g/mol. The number of likely N-dealkylation sites (tertiary alicyclic amines) is 1. The molecule has 3 rings (SSSR count). The smallest absolute Gasteiger partial charge is 0.191 e. The molecule has 2 N–H and O–H groups in total. The standard InChI is InChI=1S/C20H32N4O.HI/c1-14-6-5-7-19(10-14)25-16(3)12-22-20(21-4)23-17-11-15(2)24(13-17)18-8-9-18;/h5-7,10,15-18H,8-9,11-13H2,1-4H3,(H2,21,22,23);1H. The van der Waals surface area contributed by atoms with Crippen molar-refractivity contribution in [1.82, 2.24) is 15.5 Å². The van der Waals surface area contributed by atoms with Crippen LogP contribution in [0, 0.1) is 6.92 Å². The fourth-order valence-corrected chi connectivity index (χ4v) is 3.67. The Bertz CT molecular complexity index is 605. The van der Waals surface area contributed by atoms with Gasteiger partial charge in [-0.05, 0) is 57.7 Å². The second-order valence-corrected chi connectivity index (χ2v) is 7.55. The van der Waals surface area contributed by atoms with Gasteiger partial charge >= 0.3 is 0 Å². The van der Waals surface area contributed by atoms with E-state index in [0.717, 1.165) is 30.8 Å². The van der Waals surface area contributed by atoms with Crippen molar-refractivity contribution in [1.29, 1.82) is 0 Å². The zero-order valence-electron chi connectivity index (χ0n) is 16.4. The van der Waals surface area contributed by atoms with Crippen LogP contribution in [0.1, 0.15) is 38.7 Å². The van der Waals surface area contributed by atoms with E-state index in [0.29, 0.717) is 12.1 Å². The van der Waals surface area contributed by atoms with Crippen LogP contribution in [-0.2, 0) is 0 Å². The molecule has 1 saturated heterocycles. The lowest BCUT2D eigenvalue weighted by molar-refractivity contribution is 0.223. The van der Waals surface area contributed by atoms with Gasteiger partial charge in [0, 0.05) is 31.7 Å². The molecule has 3 atom stereocenters. The molecule has 0 bridgehead atoms. The zero-order chi connectivity index (χ0) is 17.8. The van der Waals surface area contributed by atoms with E-state index in [1.54, 1.807) is 0 Å². The van der Waals surface area contributed by atoms with Gasteiger partial charge in [0.05, 0.1) is 6.54 Å². The largest absolute Gasteiger partial charge is 0.489 e. The number of aryl methyl sites for hydroxylation is 1. The predicted octanol–water partition coefficient (Wildman–Crippen LogP) is 3.17. The molecule has 1 aromatic carbocycles. The first-order chi connectivity index (χ1) is 12.0. The van der Waals surface area contributed by atoms with Gasteiger partial charge < -0.3 is 15.4 Å². The van der Waals surface area contributed by atoms with E-state index >= 15 is 0 Å². The van der Waals surface area contributed by atoms with Crippen molar-refractivity contribution in [2.75, 3.05) is 20.1 Å². The Labute approximate surface area is 175 Å². The molecule has 3 unspecified atom stereocenters. The second kappa shape index (κ2) is 9.78. The van der Waals surface area contributed by atoms with Gasteiger partial charge in [-0.1, -0.05) is 12.1 Å². The Kier molecular flexibility index (Phi) is 8.01. The van der Waals surface area contributed by atoms with E-state index < -0.39 is 0 Å². The van der Waals surface area contributed by atoms with Crippen molar-refractivity contribution in [2.24, 2.45) is 4.99 Å². The van der Waals surface area contributed by atoms with Gasteiger partial charge in [0.2, 0.25) is 0 Å². The molecule has 2 aliphatic rings. The van der Waals surface area contributed by atoms with Crippen LogP contribution >= 0.6 is 24.0 Å². The van der Waals surface area contributed by atoms with Crippen LogP contribution in [0.25, 0.3) is 0 Å². The van der Waals surface area contributed by atoms with Crippen LogP contribution < -0.4 is 15.4 Å². The van der Waals surface area contributed by atoms with Crippen molar-refractivity contribution in [3.05, 3.63) is 29.8 Å². The molecule has 6 heteroatoms. The first kappa shape index (κ1) is 21.3. The number of benzene rings is 1. The van der Waals surface area contributed by atoms with Crippen molar-refractivity contribution in [3.8, 4) is 5.75 Å². The van der Waals surface area contributed by atoms with Gasteiger partial charge in [-0.3, -0.25) is 9.89 Å². The van der Waals surface area contributed by atoms with E-state index in [1.165, 1.54) is 24.8 Å². The fourth-order valence-electron chi connectivity index (χ4n) is 3.67. The van der Waals surface area contributed by atoms with Gasteiger partial charge in [0.1, 0.15) is 11.9 Å². The highest BCUT2D eigenvalue weighted by molar-refractivity contribution is 14.0.